The maximum atomic E-state index is 13.0. The van der Waals surface area contributed by atoms with Crippen molar-refractivity contribution < 1.29 is 19.1 Å². The van der Waals surface area contributed by atoms with Gasteiger partial charge < -0.3 is 15.0 Å². The largest absolute Gasteiger partial charge is 0.452 e. The highest BCUT2D eigenvalue weighted by Crippen LogP contribution is 2.60. The number of hydrogen-bond acceptors (Lipinski definition) is 5. The van der Waals surface area contributed by atoms with Crippen LogP contribution < -0.4 is 10.2 Å². The van der Waals surface area contributed by atoms with Gasteiger partial charge in [0.2, 0.25) is 5.91 Å². The van der Waals surface area contributed by atoms with E-state index >= 15 is 0 Å². The molecule has 4 aliphatic carbocycles. The molecule has 4 aliphatic rings. The second-order valence-corrected chi connectivity index (χ2v) is 10.1. The van der Waals surface area contributed by atoms with Crippen molar-refractivity contribution in [2.45, 2.75) is 64.4 Å². The first kappa shape index (κ1) is 23.3. The number of nitrogens with one attached hydrogen (secondary N) is 1. The Morgan fingerprint density at radius 2 is 1.73 bits per heavy atom. The molecule has 0 radical (unpaired) electrons. The van der Waals surface area contributed by atoms with E-state index in [-0.39, 0.29) is 43.2 Å². The quantitative estimate of drug-likeness (QED) is 0.579. The third-order valence-corrected chi connectivity index (χ3v) is 7.57. The summed E-state index contributed by atoms with van der Waals surface area (Å²) in [6.07, 6.45) is 6.01. The number of hydrogen-bond donors (Lipinski definition) is 1. The van der Waals surface area contributed by atoms with Gasteiger partial charge in [-0.2, -0.15) is 5.26 Å². The first-order valence-corrected chi connectivity index (χ1v) is 12.1. The van der Waals surface area contributed by atoms with Crippen molar-refractivity contribution in [3.8, 4) is 6.07 Å². The number of anilines is 1. The van der Waals surface area contributed by atoms with Gasteiger partial charge in [0.1, 0.15) is 0 Å². The molecular weight excluding hydrogens is 418 g/mol. The normalized spacial score (nSPS) is 27.9. The van der Waals surface area contributed by atoms with Crippen molar-refractivity contribution in [1.82, 2.24) is 5.32 Å². The van der Waals surface area contributed by atoms with Crippen LogP contribution in [-0.4, -0.2) is 37.0 Å². The number of benzene rings is 1. The Morgan fingerprint density at radius 3 is 2.30 bits per heavy atom. The van der Waals surface area contributed by atoms with Gasteiger partial charge in [-0.3, -0.25) is 14.4 Å². The summed E-state index contributed by atoms with van der Waals surface area (Å²) in [6.45, 7) is 1.98. The van der Waals surface area contributed by atoms with E-state index in [1.54, 1.807) is 12.1 Å². The number of amides is 2. The third-order valence-electron chi connectivity index (χ3n) is 7.57. The third kappa shape index (κ3) is 5.21. The predicted molar refractivity (Wildman–Crippen MR) is 123 cm³/mol. The Balaban J connectivity index is 1.25. The molecule has 1 aromatic rings. The monoisotopic (exact) mass is 451 g/mol. The number of nitrogens with zero attached hydrogens (tertiary/aromatic N) is 2. The zero-order valence-electron chi connectivity index (χ0n) is 19.3. The van der Waals surface area contributed by atoms with E-state index in [1.165, 1.54) is 31.1 Å². The lowest BCUT2D eigenvalue weighted by molar-refractivity contribution is -0.154. The molecular formula is C26H33N3O4. The van der Waals surface area contributed by atoms with E-state index in [2.05, 4.69) is 5.32 Å². The fourth-order valence-electron chi connectivity index (χ4n) is 6.52. The minimum absolute atomic E-state index is 0.0270. The van der Waals surface area contributed by atoms with Gasteiger partial charge in [-0.15, -0.1) is 0 Å². The summed E-state index contributed by atoms with van der Waals surface area (Å²) in [5, 5.41) is 11.9. The Morgan fingerprint density at radius 1 is 1.12 bits per heavy atom. The van der Waals surface area contributed by atoms with Crippen molar-refractivity contribution in [2.24, 2.45) is 23.2 Å². The van der Waals surface area contributed by atoms with E-state index in [1.807, 2.05) is 24.3 Å². The summed E-state index contributed by atoms with van der Waals surface area (Å²) in [5.41, 5.74) is 0.419. The van der Waals surface area contributed by atoms with Crippen LogP contribution in [0.25, 0.3) is 0 Å². The van der Waals surface area contributed by atoms with Crippen LogP contribution in [0.15, 0.2) is 30.3 Å². The maximum absolute atomic E-state index is 13.0. The van der Waals surface area contributed by atoms with Crippen LogP contribution in [0, 0.1) is 34.5 Å². The molecule has 0 aliphatic heterocycles. The average Bonchev–Trinajstić information content (AvgIpc) is 2.79. The maximum Gasteiger partial charge on any atom is 0.308 e. The molecule has 1 atom stereocenters. The van der Waals surface area contributed by atoms with Crippen LogP contribution in [0.2, 0.25) is 0 Å². The zero-order chi connectivity index (χ0) is 23.4. The van der Waals surface area contributed by atoms with Crippen molar-refractivity contribution in [3.63, 3.8) is 0 Å². The molecule has 1 unspecified atom stereocenters. The molecule has 5 rings (SSSR count). The minimum Gasteiger partial charge on any atom is -0.452 e. The minimum atomic E-state index is -0.977. The van der Waals surface area contributed by atoms with E-state index in [0.717, 1.165) is 19.3 Å². The van der Waals surface area contributed by atoms with Gasteiger partial charge in [0, 0.05) is 24.2 Å². The summed E-state index contributed by atoms with van der Waals surface area (Å²) >= 11 is 0. The smallest absolute Gasteiger partial charge is 0.308 e. The van der Waals surface area contributed by atoms with Gasteiger partial charge >= 0.3 is 5.97 Å². The zero-order valence-corrected chi connectivity index (χ0v) is 19.3. The number of rotatable bonds is 9. The van der Waals surface area contributed by atoms with Crippen LogP contribution in [0.3, 0.4) is 0 Å². The first-order chi connectivity index (χ1) is 15.9. The Kier molecular flexibility index (Phi) is 7.02. The van der Waals surface area contributed by atoms with E-state index in [0.29, 0.717) is 23.4 Å². The van der Waals surface area contributed by atoms with E-state index < -0.39 is 12.1 Å². The van der Waals surface area contributed by atoms with Gasteiger partial charge in [0.05, 0.1) is 18.9 Å². The van der Waals surface area contributed by atoms with Crippen molar-refractivity contribution >= 4 is 23.5 Å². The summed E-state index contributed by atoms with van der Waals surface area (Å²) in [4.78, 5) is 39.7. The number of para-hydroxylation sites is 1. The summed E-state index contributed by atoms with van der Waals surface area (Å²) in [7, 11) is 0. The fraction of sp³-hybridized carbons (Fsp3) is 0.615. The lowest BCUT2D eigenvalue weighted by Gasteiger charge is -2.55. The first-order valence-electron chi connectivity index (χ1n) is 12.1. The molecule has 7 heteroatoms. The Bertz CT molecular complexity index is 888. The number of carbonyl (C=O) groups excluding carboxylic acids is 3. The van der Waals surface area contributed by atoms with Crippen LogP contribution in [0.1, 0.15) is 58.3 Å². The van der Waals surface area contributed by atoms with Crippen LogP contribution in [-0.2, 0) is 19.1 Å². The second-order valence-electron chi connectivity index (χ2n) is 10.1. The number of ether oxygens (including phenoxy) is 1. The molecule has 0 saturated heterocycles. The van der Waals surface area contributed by atoms with Crippen LogP contribution in [0.4, 0.5) is 5.69 Å². The summed E-state index contributed by atoms with van der Waals surface area (Å²) in [6, 6.07) is 11.1. The van der Waals surface area contributed by atoms with E-state index in [4.69, 9.17) is 10.00 Å². The molecule has 0 spiro atoms. The SMILES string of the molecule is CC(OC(=O)CCNC(=O)C12CC3CC(CC(C3)C1)C2)C(=O)N(CCC#N)c1ccccc1. The molecule has 2 amide bonds. The summed E-state index contributed by atoms with van der Waals surface area (Å²) < 4.78 is 5.36. The average molecular weight is 452 g/mol. The molecule has 4 fully saturated rings. The molecule has 7 nitrogen and oxygen atoms in total. The van der Waals surface area contributed by atoms with Gasteiger partial charge in [-0.1, -0.05) is 18.2 Å². The number of esters is 1. The van der Waals surface area contributed by atoms with Gasteiger partial charge in [-0.25, -0.2) is 0 Å². The topological polar surface area (TPSA) is 99.5 Å². The van der Waals surface area contributed by atoms with Gasteiger partial charge in [-0.05, 0) is 75.3 Å². The highest BCUT2D eigenvalue weighted by Gasteiger charge is 2.54. The lowest BCUT2D eigenvalue weighted by Crippen LogP contribution is -2.53. The number of carbonyl (C=O) groups is 3. The van der Waals surface area contributed by atoms with Crippen molar-refractivity contribution in [3.05, 3.63) is 30.3 Å². The Hall–Kier alpha value is -2.88. The molecule has 33 heavy (non-hydrogen) atoms. The van der Waals surface area contributed by atoms with Crippen molar-refractivity contribution in [2.75, 3.05) is 18.0 Å². The molecule has 0 heterocycles. The molecule has 4 bridgehead atoms. The van der Waals surface area contributed by atoms with Crippen molar-refractivity contribution in [1.29, 1.82) is 5.26 Å². The Labute approximate surface area is 195 Å². The fourth-order valence-corrected chi connectivity index (χ4v) is 6.52. The highest BCUT2D eigenvalue weighted by atomic mass is 16.5. The van der Waals surface area contributed by atoms with Crippen LogP contribution >= 0.6 is 0 Å². The highest BCUT2D eigenvalue weighted by molar-refractivity contribution is 5.97. The van der Waals surface area contributed by atoms with E-state index in [9.17, 15) is 14.4 Å². The standard InChI is InChI=1S/C26H33N3O4/c1-18(24(31)29(11-5-9-27)22-6-3-2-4-7-22)33-23(30)8-10-28-25(32)26-15-19-12-20(16-26)14-21(13-19)17-26/h2-4,6-7,18-21H,5,8,10-17H2,1H3,(H,28,32). The predicted octanol–water partition coefficient (Wildman–Crippen LogP) is 3.59. The molecule has 0 aromatic heterocycles. The number of nitriles is 1. The molecule has 176 valence electrons. The molecule has 1 N–H and O–H groups in total. The van der Waals surface area contributed by atoms with Gasteiger partial charge in [0.15, 0.2) is 6.10 Å². The lowest BCUT2D eigenvalue weighted by atomic mass is 9.49. The van der Waals surface area contributed by atoms with Crippen LogP contribution in [0.5, 0.6) is 0 Å². The summed E-state index contributed by atoms with van der Waals surface area (Å²) in [5.74, 6) is 1.26. The second kappa shape index (κ2) is 9.94. The molecule has 1 aromatic carbocycles. The molecule has 4 saturated carbocycles. The van der Waals surface area contributed by atoms with Gasteiger partial charge in [0.25, 0.3) is 5.91 Å².